The van der Waals surface area contributed by atoms with Gasteiger partial charge in [-0.15, -0.1) is 0 Å². The molecule has 0 radical (unpaired) electrons. The predicted molar refractivity (Wildman–Crippen MR) is 180 cm³/mol. The van der Waals surface area contributed by atoms with E-state index in [1.807, 2.05) is 43.3 Å². The van der Waals surface area contributed by atoms with E-state index in [4.69, 9.17) is 11.6 Å². The van der Waals surface area contributed by atoms with Crippen LogP contribution in [0.1, 0.15) is 76.7 Å². The highest BCUT2D eigenvalue weighted by Gasteiger charge is 2.40. The van der Waals surface area contributed by atoms with Gasteiger partial charge in [0.1, 0.15) is 5.82 Å². The van der Waals surface area contributed by atoms with E-state index in [2.05, 4.69) is 22.5 Å². The lowest BCUT2D eigenvalue weighted by molar-refractivity contribution is -0.136. The molecule has 0 unspecified atom stereocenters. The molecule has 3 fully saturated rings. The first-order valence-corrected chi connectivity index (χ1v) is 17.4. The van der Waals surface area contributed by atoms with Crippen LogP contribution in [0.15, 0.2) is 48.5 Å². The molecule has 7 nitrogen and oxygen atoms in total. The number of benzene rings is 2. The van der Waals surface area contributed by atoms with Crippen molar-refractivity contribution >= 4 is 29.2 Å². The Morgan fingerprint density at radius 1 is 0.911 bits per heavy atom. The monoisotopic (exact) mass is 639 g/mol. The quantitative estimate of drug-likeness (QED) is 0.311. The number of hydrogen-bond acceptors (Lipinski definition) is 4. The van der Waals surface area contributed by atoms with Crippen LogP contribution in [0.5, 0.6) is 0 Å². The van der Waals surface area contributed by atoms with Crippen LogP contribution in [0.3, 0.4) is 0 Å². The number of anilines is 1. The SMILES string of the molecule is C[C@@H]1CN(C(=O)[C@@H](Cc2ccc(Cl)cc2)NC2CCC(Nc3ccc(F)cc3)CC2)CC[C@H]1N(C(=O)N(C)C)C1CCCCC1. The van der Waals surface area contributed by atoms with Crippen LogP contribution in [-0.4, -0.2) is 84.0 Å². The van der Waals surface area contributed by atoms with Crippen molar-refractivity contribution in [3.05, 3.63) is 64.9 Å². The number of carbonyl (C=O) groups excluding carboxylic acids is 2. The van der Waals surface area contributed by atoms with Crippen LogP contribution in [0.25, 0.3) is 0 Å². The molecule has 2 aliphatic carbocycles. The van der Waals surface area contributed by atoms with Crippen molar-refractivity contribution in [1.29, 1.82) is 0 Å². The van der Waals surface area contributed by atoms with E-state index < -0.39 is 0 Å². The average Bonchev–Trinajstić information content (AvgIpc) is 3.04. The maximum absolute atomic E-state index is 14.2. The van der Waals surface area contributed by atoms with Gasteiger partial charge in [0.25, 0.3) is 0 Å². The number of halogens is 2. The summed E-state index contributed by atoms with van der Waals surface area (Å²) >= 11 is 6.17. The Labute approximate surface area is 273 Å². The number of nitrogens with zero attached hydrogens (tertiary/aromatic N) is 3. The number of likely N-dealkylation sites (tertiary alicyclic amines) is 1. The molecule has 2 N–H and O–H groups in total. The number of rotatable bonds is 9. The van der Waals surface area contributed by atoms with E-state index in [1.54, 1.807) is 17.0 Å². The van der Waals surface area contributed by atoms with Crippen molar-refractivity contribution in [2.75, 3.05) is 32.5 Å². The second-order valence-electron chi connectivity index (χ2n) is 13.7. The molecule has 5 rings (SSSR count). The number of amides is 3. The van der Waals surface area contributed by atoms with Gasteiger partial charge in [-0.1, -0.05) is 49.9 Å². The zero-order valence-corrected chi connectivity index (χ0v) is 27.9. The van der Waals surface area contributed by atoms with E-state index in [9.17, 15) is 14.0 Å². The van der Waals surface area contributed by atoms with Gasteiger partial charge in [-0.2, -0.15) is 0 Å². The van der Waals surface area contributed by atoms with Gasteiger partial charge >= 0.3 is 6.03 Å². The van der Waals surface area contributed by atoms with Gasteiger partial charge in [0.2, 0.25) is 5.91 Å². The Hall–Kier alpha value is -2.84. The van der Waals surface area contributed by atoms with Crippen LogP contribution in [-0.2, 0) is 11.2 Å². The predicted octanol–water partition coefficient (Wildman–Crippen LogP) is 6.96. The molecule has 1 saturated heterocycles. The fourth-order valence-electron chi connectivity index (χ4n) is 7.67. The van der Waals surface area contributed by atoms with Crippen LogP contribution >= 0.6 is 11.6 Å². The second-order valence-corrected chi connectivity index (χ2v) is 14.2. The topological polar surface area (TPSA) is 67.9 Å². The second kappa shape index (κ2) is 15.6. The molecule has 3 atom stereocenters. The summed E-state index contributed by atoms with van der Waals surface area (Å²) in [5, 5.41) is 8.00. The summed E-state index contributed by atoms with van der Waals surface area (Å²) in [5.74, 6) is 0.106. The smallest absolute Gasteiger partial charge is 0.319 e. The zero-order chi connectivity index (χ0) is 31.9. The number of carbonyl (C=O) groups is 2. The van der Waals surface area contributed by atoms with Gasteiger partial charge in [-0.05, 0) is 99.2 Å². The molecule has 0 spiro atoms. The Morgan fingerprint density at radius 2 is 1.56 bits per heavy atom. The summed E-state index contributed by atoms with van der Waals surface area (Å²) in [7, 11) is 3.70. The Bertz CT molecular complexity index is 1250. The minimum atomic E-state index is -0.334. The van der Waals surface area contributed by atoms with E-state index in [1.165, 1.54) is 31.4 Å². The van der Waals surface area contributed by atoms with Crippen molar-refractivity contribution in [1.82, 2.24) is 20.0 Å². The molecule has 1 aliphatic heterocycles. The minimum absolute atomic E-state index is 0.102. The molecule has 2 saturated carbocycles. The molecule has 0 aromatic heterocycles. The van der Waals surface area contributed by atoms with Crippen molar-refractivity contribution in [3.63, 3.8) is 0 Å². The van der Waals surface area contributed by atoms with Crippen LogP contribution in [0.2, 0.25) is 5.02 Å². The number of nitrogens with one attached hydrogen (secondary N) is 2. The lowest BCUT2D eigenvalue weighted by atomic mass is 9.87. The molecule has 3 aliphatic rings. The van der Waals surface area contributed by atoms with Crippen LogP contribution in [0.4, 0.5) is 14.9 Å². The largest absolute Gasteiger partial charge is 0.382 e. The van der Waals surface area contributed by atoms with Gasteiger partial charge in [-0.25, -0.2) is 9.18 Å². The fourth-order valence-corrected chi connectivity index (χ4v) is 7.80. The fraction of sp³-hybridized carbons (Fsp3) is 0.611. The molecule has 9 heteroatoms. The van der Waals surface area contributed by atoms with E-state index in [-0.39, 0.29) is 47.8 Å². The highest BCUT2D eigenvalue weighted by Crippen LogP contribution is 2.32. The molecule has 3 amide bonds. The summed E-state index contributed by atoms with van der Waals surface area (Å²) in [4.78, 5) is 33.6. The van der Waals surface area contributed by atoms with E-state index in [0.717, 1.165) is 56.2 Å². The molecule has 2 aromatic carbocycles. The van der Waals surface area contributed by atoms with Gasteiger partial charge in [0.15, 0.2) is 0 Å². The van der Waals surface area contributed by atoms with Crippen molar-refractivity contribution in [3.8, 4) is 0 Å². The molecule has 2 aromatic rings. The minimum Gasteiger partial charge on any atom is -0.382 e. The molecular weight excluding hydrogens is 589 g/mol. The molecule has 246 valence electrons. The Morgan fingerprint density at radius 3 is 2.18 bits per heavy atom. The first-order chi connectivity index (χ1) is 21.7. The lowest BCUT2D eigenvalue weighted by Crippen LogP contribution is -2.60. The summed E-state index contributed by atoms with van der Waals surface area (Å²) in [6.45, 7) is 3.52. The third-order valence-corrected chi connectivity index (χ3v) is 10.4. The first kappa shape index (κ1) is 33.5. The van der Waals surface area contributed by atoms with Gasteiger partial charge in [-0.3, -0.25) is 4.79 Å². The van der Waals surface area contributed by atoms with Crippen molar-refractivity contribution in [2.45, 2.75) is 108 Å². The lowest BCUT2D eigenvalue weighted by Gasteiger charge is -2.48. The first-order valence-electron chi connectivity index (χ1n) is 17.0. The normalized spacial score (nSPS) is 25.0. The molecular formula is C36H51ClFN5O2. The summed E-state index contributed by atoms with van der Waals surface area (Å²) < 4.78 is 13.3. The Balaban J connectivity index is 1.23. The highest BCUT2D eigenvalue weighted by atomic mass is 35.5. The number of hydrogen-bond donors (Lipinski definition) is 2. The summed E-state index contributed by atoms with van der Waals surface area (Å²) in [5.41, 5.74) is 2.02. The third-order valence-electron chi connectivity index (χ3n) is 10.1. The summed E-state index contributed by atoms with van der Waals surface area (Å²) in [6.07, 6.45) is 11.0. The van der Waals surface area contributed by atoms with E-state index in [0.29, 0.717) is 30.6 Å². The van der Waals surface area contributed by atoms with Gasteiger partial charge in [0.05, 0.1) is 6.04 Å². The molecule has 0 bridgehead atoms. The molecule has 45 heavy (non-hydrogen) atoms. The summed E-state index contributed by atoms with van der Waals surface area (Å²) in [6, 6.07) is 15.1. The van der Waals surface area contributed by atoms with Crippen LogP contribution in [0, 0.1) is 11.7 Å². The van der Waals surface area contributed by atoms with Crippen molar-refractivity contribution in [2.24, 2.45) is 5.92 Å². The van der Waals surface area contributed by atoms with Gasteiger partial charge < -0.3 is 25.3 Å². The molecule has 1 heterocycles. The average molecular weight is 640 g/mol. The number of urea groups is 1. The van der Waals surface area contributed by atoms with Crippen molar-refractivity contribution < 1.29 is 14.0 Å². The van der Waals surface area contributed by atoms with E-state index >= 15 is 0 Å². The Kier molecular flexibility index (Phi) is 11.6. The maximum Gasteiger partial charge on any atom is 0.319 e. The zero-order valence-electron chi connectivity index (χ0n) is 27.2. The maximum atomic E-state index is 14.2. The number of piperidine rings is 1. The highest BCUT2D eigenvalue weighted by molar-refractivity contribution is 6.30. The van der Waals surface area contributed by atoms with Gasteiger partial charge in [0, 0.05) is 62.1 Å². The van der Waals surface area contributed by atoms with Crippen LogP contribution < -0.4 is 10.6 Å². The third kappa shape index (κ3) is 8.91. The standard InChI is InChI=1S/C36H51ClFN5O2/c1-25-24-42(22-21-34(25)43(36(45)41(2)3)32-7-5-4-6-8-32)35(44)33(23-26-9-11-27(37)12-10-26)40-31-19-17-30(18-20-31)39-29-15-13-28(38)14-16-29/h9-16,25,30-34,39-40H,4-8,17-24H2,1-3H3/t25-,30?,31?,33-,34-/m1/s1.